The van der Waals surface area contributed by atoms with E-state index in [1.165, 1.54) is 0 Å². The molecule has 0 saturated heterocycles. The third kappa shape index (κ3) is 9.13. The molecule has 0 amide bonds. The van der Waals surface area contributed by atoms with Crippen molar-refractivity contribution in [2.45, 2.75) is 0 Å². The predicted molar refractivity (Wildman–Crippen MR) is 1.37 cm³/mol. The van der Waals surface area contributed by atoms with Gasteiger partial charge in [0.15, 0.2) is 0 Å². The number of hydrogen-bond acceptors (Lipinski definition) is 0. The zero-order chi connectivity index (χ0) is 0. The topological polar surface area (TPSA) is 57.0 Å². The molecule has 0 bridgehead atoms. The maximum absolute atomic E-state index is 0. The molecule has 4 heteroatoms. The molecule has 0 N–H and O–H groups in total. The SMILES string of the molecule is [Li+].[O-2].[O-2].[Sm+3]. The van der Waals surface area contributed by atoms with Gasteiger partial charge in [0.05, 0.1) is 0 Å². The van der Waals surface area contributed by atoms with Crippen LogP contribution in [0.5, 0.6) is 0 Å². The fraction of sp³-hybridized carbons (Fsp3) is 0. The molecule has 0 heterocycles. The molecule has 0 fully saturated rings. The first-order chi connectivity index (χ1) is 0. The van der Waals surface area contributed by atoms with Gasteiger partial charge >= 0.3 is 59.2 Å². The average molecular weight is 189 g/mol. The first kappa shape index (κ1) is 40.1. The van der Waals surface area contributed by atoms with Gasteiger partial charge in [-0.3, -0.25) is 0 Å². The third-order valence-electron chi connectivity index (χ3n) is 0. The molecular formula is LiO2Sm. The quantitative estimate of drug-likeness (QED) is 0.360. The molecule has 2 nitrogen and oxygen atoms in total. The van der Waals surface area contributed by atoms with Crippen molar-refractivity contribution in [2.75, 3.05) is 0 Å². The second kappa shape index (κ2) is 21.0. The molecule has 0 aliphatic heterocycles. The number of rotatable bonds is 0. The molecule has 19 valence electrons. The Hall–Kier alpha value is 1.86. The van der Waals surface area contributed by atoms with E-state index < -0.39 is 0 Å². The third-order valence-corrected chi connectivity index (χ3v) is 0. The summed E-state index contributed by atoms with van der Waals surface area (Å²) < 4.78 is 0. The van der Waals surface area contributed by atoms with Crippen molar-refractivity contribution in [1.29, 1.82) is 0 Å². The smallest absolute Gasteiger partial charge is 2.00 e. The minimum Gasteiger partial charge on any atom is -2.00 e. The van der Waals surface area contributed by atoms with Crippen LogP contribution in [-0.4, -0.2) is 0 Å². The van der Waals surface area contributed by atoms with Crippen LogP contribution in [0.25, 0.3) is 0 Å². The molecule has 0 aromatic heterocycles. The largest absolute Gasteiger partial charge is 3.00 e. The van der Waals surface area contributed by atoms with Crippen LogP contribution < -0.4 is 18.9 Å². The van der Waals surface area contributed by atoms with Gasteiger partial charge in [0.25, 0.3) is 0 Å². The van der Waals surface area contributed by atoms with Crippen molar-refractivity contribution < 1.29 is 70.2 Å². The summed E-state index contributed by atoms with van der Waals surface area (Å²) in [7, 11) is 0. The molecule has 0 rings (SSSR count). The van der Waals surface area contributed by atoms with Gasteiger partial charge in [0.2, 0.25) is 0 Å². The van der Waals surface area contributed by atoms with Crippen molar-refractivity contribution in [3.05, 3.63) is 0 Å². The van der Waals surface area contributed by atoms with Crippen LogP contribution in [-0.2, 0) is 11.0 Å². The van der Waals surface area contributed by atoms with E-state index in [1.54, 1.807) is 0 Å². The Bertz CT molecular complexity index is 6.00. The summed E-state index contributed by atoms with van der Waals surface area (Å²) in [5.41, 5.74) is 0. The predicted octanol–water partition coefficient (Wildman–Crippen LogP) is -3.23. The molecule has 0 unspecified atom stereocenters. The monoisotopic (exact) mass is 191 g/mol. The summed E-state index contributed by atoms with van der Waals surface area (Å²) in [6, 6.07) is 0. The molecule has 0 aromatic rings. The molecule has 0 aliphatic carbocycles. The van der Waals surface area contributed by atoms with Gasteiger partial charge in [-0.1, -0.05) is 0 Å². The first-order valence-corrected chi connectivity index (χ1v) is 0. The summed E-state index contributed by atoms with van der Waals surface area (Å²) in [6.07, 6.45) is 0. The molecular weight excluding hydrogens is 189 g/mol. The van der Waals surface area contributed by atoms with E-state index in [1.807, 2.05) is 0 Å². The summed E-state index contributed by atoms with van der Waals surface area (Å²) in [4.78, 5) is 0. The first-order valence-electron chi connectivity index (χ1n) is 0. The average Bonchev–Trinajstić information content (AvgIpc) is 0. The van der Waals surface area contributed by atoms with E-state index in [9.17, 15) is 0 Å². The Labute approximate surface area is 69.2 Å². The van der Waals surface area contributed by atoms with Gasteiger partial charge in [-0.25, -0.2) is 0 Å². The van der Waals surface area contributed by atoms with Gasteiger partial charge in [-0.15, -0.1) is 0 Å². The van der Waals surface area contributed by atoms with Crippen LogP contribution in [0.3, 0.4) is 0 Å². The Balaban J connectivity index is 0. The van der Waals surface area contributed by atoms with Crippen molar-refractivity contribution in [3.8, 4) is 0 Å². The second-order valence-corrected chi connectivity index (χ2v) is 0. The Morgan fingerprint density at radius 3 is 0.750 bits per heavy atom. The Morgan fingerprint density at radius 1 is 0.750 bits per heavy atom. The Morgan fingerprint density at radius 2 is 0.750 bits per heavy atom. The van der Waals surface area contributed by atoms with E-state index in [2.05, 4.69) is 0 Å². The minimum atomic E-state index is 0. The van der Waals surface area contributed by atoms with E-state index in [4.69, 9.17) is 0 Å². The maximum Gasteiger partial charge on any atom is 3.00 e. The zero-order valence-electron chi connectivity index (χ0n) is 2.22. The summed E-state index contributed by atoms with van der Waals surface area (Å²) in [6.45, 7) is 0. The fourth-order valence-electron chi connectivity index (χ4n) is 0. The van der Waals surface area contributed by atoms with Crippen molar-refractivity contribution in [2.24, 2.45) is 0 Å². The molecule has 1 radical (unpaired) electrons. The van der Waals surface area contributed by atoms with E-state index in [-0.39, 0.29) is 70.2 Å². The van der Waals surface area contributed by atoms with Crippen LogP contribution in [0, 0.1) is 40.4 Å². The molecule has 4 heavy (non-hydrogen) atoms. The van der Waals surface area contributed by atoms with Crippen LogP contribution in [0.15, 0.2) is 0 Å². The van der Waals surface area contributed by atoms with E-state index in [0.29, 0.717) is 0 Å². The van der Waals surface area contributed by atoms with Crippen LogP contribution in [0.1, 0.15) is 0 Å². The standard InChI is InChI=1S/Li.2O.Sm/q+1;2*-2;+3. The van der Waals surface area contributed by atoms with E-state index >= 15 is 0 Å². The minimum absolute atomic E-state index is 0. The van der Waals surface area contributed by atoms with Crippen molar-refractivity contribution >= 4 is 0 Å². The molecule has 0 aromatic carbocycles. The van der Waals surface area contributed by atoms with Gasteiger partial charge in [0.1, 0.15) is 0 Å². The van der Waals surface area contributed by atoms with E-state index in [0.717, 1.165) is 0 Å². The Kier molecular flexibility index (Phi) is 210. The summed E-state index contributed by atoms with van der Waals surface area (Å²) >= 11 is 0. The van der Waals surface area contributed by atoms with Crippen molar-refractivity contribution in [3.63, 3.8) is 0 Å². The molecule has 0 saturated carbocycles. The van der Waals surface area contributed by atoms with Crippen LogP contribution in [0.2, 0.25) is 0 Å². The van der Waals surface area contributed by atoms with Crippen molar-refractivity contribution in [1.82, 2.24) is 0 Å². The van der Waals surface area contributed by atoms with Gasteiger partial charge in [0, 0.05) is 0 Å². The van der Waals surface area contributed by atoms with Crippen LogP contribution >= 0.6 is 0 Å². The molecule has 0 atom stereocenters. The molecule has 0 aliphatic rings. The van der Waals surface area contributed by atoms with Crippen LogP contribution in [0.4, 0.5) is 0 Å². The maximum atomic E-state index is 0. The van der Waals surface area contributed by atoms with Gasteiger partial charge in [-0.05, 0) is 0 Å². The molecule has 0 spiro atoms. The van der Waals surface area contributed by atoms with Gasteiger partial charge in [-0.2, -0.15) is 0 Å². The second-order valence-electron chi connectivity index (χ2n) is 0. The zero-order valence-corrected chi connectivity index (χ0v) is 4.84. The van der Waals surface area contributed by atoms with Gasteiger partial charge < -0.3 is 11.0 Å². The number of hydrogen-bond donors (Lipinski definition) is 0. The summed E-state index contributed by atoms with van der Waals surface area (Å²) in [5, 5.41) is 0. The summed E-state index contributed by atoms with van der Waals surface area (Å²) in [5.74, 6) is 0. The normalized spacial score (nSPS) is 0. The fourth-order valence-corrected chi connectivity index (χ4v) is 0.